The van der Waals surface area contributed by atoms with Crippen molar-refractivity contribution in [2.75, 3.05) is 11.1 Å². The Labute approximate surface area is 148 Å². The van der Waals surface area contributed by atoms with Crippen LogP contribution in [0.15, 0.2) is 48.5 Å². The van der Waals surface area contributed by atoms with Gasteiger partial charge in [0.1, 0.15) is 11.6 Å². The maximum atomic E-state index is 13.0. The Bertz CT molecular complexity index is 849. The van der Waals surface area contributed by atoms with E-state index in [4.69, 9.17) is 28.9 Å². The van der Waals surface area contributed by atoms with Gasteiger partial charge in [-0.25, -0.2) is 9.37 Å². The zero-order chi connectivity index (χ0) is 17.1. The Balaban J connectivity index is 1.87. The lowest BCUT2D eigenvalue weighted by Crippen LogP contribution is -2.04. The van der Waals surface area contributed by atoms with Gasteiger partial charge < -0.3 is 11.1 Å². The fourth-order valence-electron chi connectivity index (χ4n) is 2.21. The number of nitrogens with one attached hydrogen (secondary N) is 1. The van der Waals surface area contributed by atoms with Crippen molar-refractivity contribution in [2.24, 2.45) is 0 Å². The summed E-state index contributed by atoms with van der Waals surface area (Å²) in [5.74, 6) is 0.315. The van der Waals surface area contributed by atoms with Gasteiger partial charge >= 0.3 is 0 Å². The van der Waals surface area contributed by atoms with Crippen LogP contribution in [0.1, 0.15) is 11.3 Å². The number of hydrogen-bond donors (Lipinski definition) is 2. The van der Waals surface area contributed by atoms with Crippen LogP contribution in [0.4, 0.5) is 21.8 Å². The first-order valence-electron chi connectivity index (χ1n) is 7.10. The van der Waals surface area contributed by atoms with Crippen molar-refractivity contribution in [2.45, 2.75) is 6.42 Å². The summed E-state index contributed by atoms with van der Waals surface area (Å²) in [5.41, 5.74) is 7.94. The first-order chi connectivity index (χ1) is 11.5. The first-order valence-corrected chi connectivity index (χ1v) is 7.86. The van der Waals surface area contributed by atoms with Crippen LogP contribution in [0, 0.1) is 5.82 Å². The van der Waals surface area contributed by atoms with Crippen LogP contribution in [-0.2, 0) is 6.42 Å². The second kappa shape index (κ2) is 7.03. The van der Waals surface area contributed by atoms with Gasteiger partial charge in [0, 0.05) is 28.2 Å². The predicted molar refractivity (Wildman–Crippen MR) is 95.4 cm³/mol. The van der Waals surface area contributed by atoms with E-state index in [2.05, 4.69) is 15.3 Å². The number of aromatic nitrogens is 2. The third-order valence-electron chi connectivity index (χ3n) is 3.32. The molecule has 2 aromatic carbocycles. The van der Waals surface area contributed by atoms with Gasteiger partial charge in [0.25, 0.3) is 0 Å². The summed E-state index contributed by atoms with van der Waals surface area (Å²) in [4.78, 5) is 8.55. The molecular formula is C17H13Cl2FN4. The van der Waals surface area contributed by atoms with Gasteiger partial charge in [-0.15, -0.1) is 0 Å². The highest BCUT2D eigenvalue weighted by molar-refractivity contribution is 6.36. The molecule has 3 N–H and O–H groups in total. The smallest absolute Gasteiger partial charge is 0.229 e. The highest BCUT2D eigenvalue weighted by Crippen LogP contribution is 2.27. The standard InChI is InChI=1S/C17H13Cl2FN4/c18-14-2-1-3-15(19)13(14)8-12-9-16(21)24-17(23-12)22-11-6-4-10(20)5-7-11/h1-7,9H,8H2,(H3,21,22,23,24). The molecule has 24 heavy (non-hydrogen) atoms. The summed E-state index contributed by atoms with van der Waals surface area (Å²) in [7, 11) is 0. The van der Waals surface area contributed by atoms with E-state index in [-0.39, 0.29) is 5.82 Å². The summed E-state index contributed by atoms with van der Waals surface area (Å²) in [6.07, 6.45) is 0.420. The number of anilines is 3. The van der Waals surface area contributed by atoms with Crippen molar-refractivity contribution in [1.82, 2.24) is 9.97 Å². The van der Waals surface area contributed by atoms with E-state index < -0.39 is 0 Å². The monoisotopic (exact) mass is 362 g/mol. The van der Waals surface area contributed by atoms with Crippen LogP contribution in [-0.4, -0.2) is 9.97 Å². The lowest BCUT2D eigenvalue weighted by molar-refractivity contribution is 0.628. The van der Waals surface area contributed by atoms with Gasteiger partial charge in [0.2, 0.25) is 5.95 Å². The van der Waals surface area contributed by atoms with Crippen molar-refractivity contribution in [3.05, 3.63) is 75.7 Å². The molecule has 0 fully saturated rings. The molecule has 1 heterocycles. The number of nitrogens with zero attached hydrogens (tertiary/aromatic N) is 2. The van der Waals surface area contributed by atoms with E-state index in [9.17, 15) is 4.39 Å². The Kier molecular flexibility index (Phi) is 4.83. The van der Waals surface area contributed by atoms with Crippen LogP contribution in [0.2, 0.25) is 10.0 Å². The molecule has 0 saturated carbocycles. The van der Waals surface area contributed by atoms with Crippen molar-refractivity contribution in [3.63, 3.8) is 0 Å². The molecular weight excluding hydrogens is 350 g/mol. The molecule has 0 radical (unpaired) electrons. The first kappa shape index (κ1) is 16.5. The van der Waals surface area contributed by atoms with Crippen LogP contribution < -0.4 is 11.1 Å². The maximum absolute atomic E-state index is 13.0. The third kappa shape index (κ3) is 3.93. The number of rotatable bonds is 4. The molecule has 0 aliphatic carbocycles. The average Bonchev–Trinajstić information content (AvgIpc) is 2.53. The van der Waals surface area contributed by atoms with Crippen molar-refractivity contribution >= 4 is 40.7 Å². The molecule has 0 spiro atoms. The molecule has 0 unspecified atom stereocenters. The molecule has 122 valence electrons. The summed E-state index contributed by atoms with van der Waals surface area (Å²) in [6.45, 7) is 0. The van der Waals surface area contributed by atoms with Gasteiger partial charge in [0.15, 0.2) is 0 Å². The van der Waals surface area contributed by atoms with E-state index in [1.165, 1.54) is 12.1 Å². The number of benzene rings is 2. The highest BCUT2D eigenvalue weighted by Gasteiger charge is 2.10. The summed E-state index contributed by atoms with van der Waals surface area (Å²) >= 11 is 12.4. The van der Waals surface area contributed by atoms with Crippen molar-refractivity contribution in [3.8, 4) is 0 Å². The Morgan fingerprint density at radius 3 is 2.33 bits per heavy atom. The summed E-state index contributed by atoms with van der Waals surface area (Å²) in [5, 5.41) is 4.12. The SMILES string of the molecule is Nc1cc(Cc2c(Cl)cccc2Cl)nc(Nc2ccc(F)cc2)n1. The second-order valence-corrected chi connectivity index (χ2v) is 5.93. The van der Waals surface area contributed by atoms with Crippen LogP contribution in [0.5, 0.6) is 0 Å². The molecule has 0 aliphatic heterocycles. The number of nitrogens with two attached hydrogens (primary N) is 1. The zero-order valence-electron chi connectivity index (χ0n) is 12.4. The van der Waals surface area contributed by atoms with E-state index in [1.54, 1.807) is 36.4 Å². The zero-order valence-corrected chi connectivity index (χ0v) is 13.9. The normalized spacial score (nSPS) is 10.6. The van der Waals surface area contributed by atoms with Gasteiger partial charge in [-0.3, -0.25) is 0 Å². The average molecular weight is 363 g/mol. The molecule has 0 amide bonds. The minimum atomic E-state index is -0.317. The highest BCUT2D eigenvalue weighted by atomic mass is 35.5. The van der Waals surface area contributed by atoms with Gasteiger partial charge in [-0.2, -0.15) is 4.98 Å². The molecule has 3 aromatic rings. The molecule has 0 atom stereocenters. The fourth-order valence-corrected chi connectivity index (χ4v) is 2.74. The number of hydrogen-bond acceptors (Lipinski definition) is 4. The lowest BCUT2D eigenvalue weighted by atomic mass is 10.1. The maximum Gasteiger partial charge on any atom is 0.229 e. The Morgan fingerprint density at radius 1 is 1.00 bits per heavy atom. The molecule has 0 aliphatic rings. The van der Waals surface area contributed by atoms with E-state index >= 15 is 0 Å². The molecule has 3 rings (SSSR count). The fraction of sp³-hybridized carbons (Fsp3) is 0.0588. The Hall–Kier alpha value is -2.37. The minimum Gasteiger partial charge on any atom is -0.384 e. The van der Waals surface area contributed by atoms with Crippen LogP contribution >= 0.6 is 23.2 Å². The largest absolute Gasteiger partial charge is 0.384 e. The second-order valence-electron chi connectivity index (χ2n) is 5.12. The minimum absolute atomic E-state index is 0.313. The van der Waals surface area contributed by atoms with E-state index in [0.717, 1.165) is 5.56 Å². The number of nitrogen functional groups attached to an aromatic ring is 1. The summed E-state index contributed by atoms with van der Waals surface area (Å²) in [6, 6.07) is 12.9. The molecule has 0 bridgehead atoms. The molecule has 7 heteroatoms. The van der Waals surface area contributed by atoms with Crippen LogP contribution in [0.25, 0.3) is 0 Å². The van der Waals surface area contributed by atoms with Crippen molar-refractivity contribution < 1.29 is 4.39 Å². The molecule has 4 nitrogen and oxygen atoms in total. The van der Waals surface area contributed by atoms with Crippen LogP contribution in [0.3, 0.4) is 0 Å². The van der Waals surface area contributed by atoms with Gasteiger partial charge in [0.05, 0.1) is 5.69 Å². The third-order valence-corrected chi connectivity index (χ3v) is 4.03. The quantitative estimate of drug-likeness (QED) is 0.696. The van der Waals surface area contributed by atoms with Gasteiger partial charge in [-0.05, 0) is 42.0 Å². The predicted octanol–water partition coefficient (Wildman–Crippen LogP) is 4.84. The summed E-state index contributed by atoms with van der Waals surface area (Å²) < 4.78 is 13.0. The van der Waals surface area contributed by atoms with E-state index in [0.29, 0.717) is 39.6 Å². The molecule has 1 aromatic heterocycles. The molecule has 0 saturated heterocycles. The van der Waals surface area contributed by atoms with Gasteiger partial charge in [-0.1, -0.05) is 29.3 Å². The van der Waals surface area contributed by atoms with E-state index in [1.807, 2.05) is 0 Å². The number of halogens is 3. The topological polar surface area (TPSA) is 63.8 Å². The lowest BCUT2D eigenvalue weighted by Gasteiger charge is -2.10. The van der Waals surface area contributed by atoms with Crippen molar-refractivity contribution in [1.29, 1.82) is 0 Å². The Morgan fingerprint density at radius 2 is 1.67 bits per heavy atom.